The molecule has 0 aliphatic rings. The van der Waals surface area contributed by atoms with Crippen LogP contribution in [-0.2, 0) is 11.2 Å². The summed E-state index contributed by atoms with van der Waals surface area (Å²) in [7, 11) is 0. The van der Waals surface area contributed by atoms with Crippen molar-refractivity contribution in [2.45, 2.75) is 33.1 Å². The Morgan fingerprint density at radius 2 is 1.96 bits per heavy atom. The first-order chi connectivity index (χ1) is 13.2. The van der Waals surface area contributed by atoms with Crippen molar-refractivity contribution in [2.24, 2.45) is 4.99 Å². The zero-order chi connectivity index (χ0) is 19.3. The number of rotatable bonds is 11. The lowest BCUT2D eigenvalue weighted by molar-refractivity contribution is 0.144. The van der Waals surface area contributed by atoms with Crippen molar-refractivity contribution in [1.29, 1.82) is 0 Å². The van der Waals surface area contributed by atoms with Crippen molar-refractivity contribution in [3.05, 3.63) is 42.0 Å². The van der Waals surface area contributed by atoms with Crippen LogP contribution in [0.1, 0.15) is 32.4 Å². The van der Waals surface area contributed by atoms with Gasteiger partial charge in [-0.1, -0.05) is 0 Å². The van der Waals surface area contributed by atoms with Gasteiger partial charge in [0.2, 0.25) is 5.89 Å². The van der Waals surface area contributed by atoms with E-state index in [1.807, 2.05) is 13.8 Å². The summed E-state index contributed by atoms with van der Waals surface area (Å²) in [6.45, 7) is 7.86. The Kier molecular flexibility index (Phi) is 12.5. The number of benzene rings is 1. The van der Waals surface area contributed by atoms with Gasteiger partial charge in [-0.25, -0.2) is 9.37 Å². The van der Waals surface area contributed by atoms with Gasteiger partial charge in [0.15, 0.2) is 5.96 Å². The zero-order valence-electron chi connectivity index (χ0n) is 16.5. The third kappa shape index (κ3) is 9.01. The van der Waals surface area contributed by atoms with Crippen molar-refractivity contribution in [1.82, 2.24) is 15.6 Å². The van der Waals surface area contributed by atoms with E-state index in [0.717, 1.165) is 56.4 Å². The molecule has 28 heavy (non-hydrogen) atoms. The van der Waals surface area contributed by atoms with E-state index >= 15 is 0 Å². The second kappa shape index (κ2) is 14.3. The molecule has 0 radical (unpaired) electrons. The van der Waals surface area contributed by atoms with Gasteiger partial charge in [-0.15, -0.1) is 24.0 Å². The number of unbranched alkanes of at least 4 members (excludes halogenated alkanes) is 1. The highest BCUT2D eigenvalue weighted by molar-refractivity contribution is 14.0. The fourth-order valence-corrected chi connectivity index (χ4v) is 2.45. The van der Waals surface area contributed by atoms with E-state index in [2.05, 4.69) is 20.6 Å². The van der Waals surface area contributed by atoms with Gasteiger partial charge in [0.1, 0.15) is 12.1 Å². The van der Waals surface area contributed by atoms with E-state index in [4.69, 9.17) is 9.15 Å². The Morgan fingerprint density at radius 1 is 1.18 bits per heavy atom. The molecule has 0 atom stereocenters. The van der Waals surface area contributed by atoms with Crippen LogP contribution in [0.3, 0.4) is 0 Å². The number of hydrogen-bond acceptors (Lipinski definition) is 4. The van der Waals surface area contributed by atoms with Crippen LogP contribution in [0.4, 0.5) is 4.39 Å². The Morgan fingerprint density at radius 3 is 2.68 bits per heavy atom. The molecule has 0 saturated carbocycles. The van der Waals surface area contributed by atoms with E-state index in [1.54, 1.807) is 18.4 Å². The lowest BCUT2D eigenvalue weighted by Crippen LogP contribution is -2.38. The SMILES string of the molecule is CCNC(=NCCCCOCC)NCCc1coc(-c2ccc(F)cc2)n1.I. The molecule has 1 aromatic carbocycles. The van der Waals surface area contributed by atoms with Crippen molar-refractivity contribution in [3.63, 3.8) is 0 Å². The number of ether oxygens (including phenoxy) is 1. The van der Waals surface area contributed by atoms with Gasteiger partial charge in [0.05, 0.1) is 5.69 Å². The number of nitrogens with zero attached hydrogens (tertiary/aromatic N) is 2. The fourth-order valence-electron chi connectivity index (χ4n) is 2.45. The fraction of sp³-hybridized carbons (Fsp3) is 0.500. The maximum absolute atomic E-state index is 13.0. The van der Waals surface area contributed by atoms with Crippen LogP contribution in [0.25, 0.3) is 11.5 Å². The molecule has 0 saturated heterocycles. The molecule has 156 valence electrons. The molecule has 0 amide bonds. The molecule has 0 fully saturated rings. The van der Waals surface area contributed by atoms with Crippen LogP contribution in [0, 0.1) is 5.82 Å². The number of guanidine groups is 1. The van der Waals surface area contributed by atoms with Gasteiger partial charge in [0, 0.05) is 44.8 Å². The molecule has 6 nitrogen and oxygen atoms in total. The van der Waals surface area contributed by atoms with Crippen LogP contribution >= 0.6 is 24.0 Å². The molecule has 1 aromatic heterocycles. The maximum Gasteiger partial charge on any atom is 0.226 e. The second-order valence-electron chi connectivity index (χ2n) is 5.99. The van der Waals surface area contributed by atoms with Crippen molar-refractivity contribution in [3.8, 4) is 11.5 Å². The summed E-state index contributed by atoms with van der Waals surface area (Å²) >= 11 is 0. The van der Waals surface area contributed by atoms with Crippen molar-refractivity contribution < 1.29 is 13.5 Å². The summed E-state index contributed by atoms with van der Waals surface area (Å²) < 4.78 is 23.8. The second-order valence-corrected chi connectivity index (χ2v) is 5.99. The summed E-state index contributed by atoms with van der Waals surface area (Å²) in [5.41, 5.74) is 1.60. The molecular formula is C20H30FIN4O2. The predicted octanol–water partition coefficient (Wildman–Crippen LogP) is 4.01. The third-order valence-electron chi connectivity index (χ3n) is 3.83. The monoisotopic (exact) mass is 504 g/mol. The molecule has 0 aliphatic carbocycles. The molecule has 2 N–H and O–H groups in total. The zero-order valence-corrected chi connectivity index (χ0v) is 18.9. The first-order valence-electron chi connectivity index (χ1n) is 9.53. The minimum Gasteiger partial charge on any atom is -0.444 e. The number of aliphatic imine (C=N–C) groups is 1. The third-order valence-corrected chi connectivity index (χ3v) is 3.83. The summed E-state index contributed by atoms with van der Waals surface area (Å²) in [5, 5.41) is 6.54. The van der Waals surface area contributed by atoms with Gasteiger partial charge >= 0.3 is 0 Å². The largest absolute Gasteiger partial charge is 0.444 e. The van der Waals surface area contributed by atoms with E-state index in [0.29, 0.717) is 18.9 Å². The Hall–Kier alpha value is -1.68. The van der Waals surface area contributed by atoms with Crippen LogP contribution in [0.15, 0.2) is 39.9 Å². The first-order valence-corrected chi connectivity index (χ1v) is 9.53. The standard InChI is InChI=1S/C20H29FN4O2.HI/c1-3-22-20(23-12-5-6-14-26-4-2)24-13-11-18-15-27-19(25-18)16-7-9-17(21)10-8-16;/h7-10,15H,3-6,11-14H2,1-2H3,(H2,22,23,24);1H. The molecule has 0 aliphatic heterocycles. The lowest BCUT2D eigenvalue weighted by Gasteiger charge is -2.10. The van der Waals surface area contributed by atoms with E-state index < -0.39 is 0 Å². The Balaban J connectivity index is 0.00000392. The predicted molar refractivity (Wildman–Crippen MR) is 121 cm³/mol. The summed E-state index contributed by atoms with van der Waals surface area (Å²) in [6.07, 6.45) is 4.36. The van der Waals surface area contributed by atoms with E-state index in [-0.39, 0.29) is 29.8 Å². The number of aromatic nitrogens is 1. The number of nitrogens with one attached hydrogen (secondary N) is 2. The van der Waals surface area contributed by atoms with Crippen LogP contribution in [0.5, 0.6) is 0 Å². The lowest BCUT2D eigenvalue weighted by atomic mass is 10.2. The maximum atomic E-state index is 13.0. The highest BCUT2D eigenvalue weighted by Gasteiger charge is 2.07. The molecular weight excluding hydrogens is 474 g/mol. The van der Waals surface area contributed by atoms with Gasteiger partial charge in [-0.05, 0) is 51.0 Å². The quantitative estimate of drug-likeness (QED) is 0.210. The smallest absolute Gasteiger partial charge is 0.226 e. The number of halogens is 2. The first kappa shape index (κ1) is 24.4. The molecule has 0 spiro atoms. The van der Waals surface area contributed by atoms with Crippen molar-refractivity contribution >= 4 is 29.9 Å². The Labute approximate surface area is 183 Å². The van der Waals surface area contributed by atoms with Gasteiger partial charge in [0.25, 0.3) is 0 Å². The average molecular weight is 504 g/mol. The highest BCUT2D eigenvalue weighted by atomic mass is 127. The average Bonchev–Trinajstić information content (AvgIpc) is 3.14. The van der Waals surface area contributed by atoms with Crippen LogP contribution in [-0.4, -0.2) is 43.8 Å². The highest BCUT2D eigenvalue weighted by Crippen LogP contribution is 2.18. The molecule has 0 unspecified atom stereocenters. The summed E-state index contributed by atoms with van der Waals surface area (Å²) in [6, 6.07) is 6.11. The van der Waals surface area contributed by atoms with Crippen LogP contribution in [0.2, 0.25) is 0 Å². The molecule has 8 heteroatoms. The molecule has 0 bridgehead atoms. The number of oxazole rings is 1. The molecule has 1 heterocycles. The normalized spacial score (nSPS) is 11.2. The van der Waals surface area contributed by atoms with Crippen molar-refractivity contribution in [2.75, 3.05) is 32.8 Å². The number of hydrogen-bond donors (Lipinski definition) is 2. The van der Waals surface area contributed by atoms with E-state index in [1.165, 1.54) is 12.1 Å². The van der Waals surface area contributed by atoms with Gasteiger partial charge < -0.3 is 19.8 Å². The molecule has 2 aromatic rings. The Bertz CT molecular complexity index is 692. The topological polar surface area (TPSA) is 71.7 Å². The van der Waals surface area contributed by atoms with Gasteiger partial charge in [-0.3, -0.25) is 4.99 Å². The summed E-state index contributed by atoms with van der Waals surface area (Å²) in [5.74, 6) is 1.03. The summed E-state index contributed by atoms with van der Waals surface area (Å²) in [4.78, 5) is 9.02. The minimum absolute atomic E-state index is 0. The van der Waals surface area contributed by atoms with Crippen LogP contribution < -0.4 is 10.6 Å². The van der Waals surface area contributed by atoms with E-state index in [9.17, 15) is 4.39 Å². The minimum atomic E-state index is -0.275. The molecule has 2 rings (SSSR count). The van der Waals surface area contributed by atoms with Gasteiger partial charge in [-0.2, -0.15) is 0 Å².